The second-order valence-electron chi connectivity index (χ2n) is 1.99. The topological polar surface area (TPSA) is 0 Å². The first-order valence-electron chi connectivity index (χ1n) is 2.66. The lowest BCUT2D eigenvalue weighted by atomic mass is 10.3. The molecule has 0 aliphatic heterocycles. The number of hydrogen-bond donors (Lipinski definition) is 1. The van der Waals surface area contributed by atoms with E-state index < -0.39 is 5.25 Å². The van der Waals surface area contributed by atoms with Gasteiger partial charge in [-0.1, -0.05) is 0 Å². The first kappa shape index (κ1) is 8.01. The van der Waals surface area contributed by atoms with Crippen molar-refractivity contribution in [2.24, 2.45) is 0 Å². The molecule has 0 radical (unpaired) electrons. The van der Waals surface area contributed by atoms with E-state index in [9.17, 15) is 8.78 Å². The van der Waals surface area contributed by atoms with Gasteiger partial charge in [0.25, 0.3) is 0 Å². The molecule has 0 saturated heterocycles. The van der Waals surface area contributed by atoms with Crippen molar-refractivity contribution in [3.8, 4) is 0 Å². The molecule has 0 nitrogen and oxygen atoms in total. The van der Waals surface area contributed by atoms with Crippen molar-refractivity contribution >= 4 is 24.0 Å². The molecule has 0 bridgehead atoms. The first-order valence-corrected chi connectivity index (χ1v) is 3.98. The Hall–Kier alpha value is -0.0900. The van der Waals surface area contributed by atoms with Gasteiger partial charge >= 0.3 is 5.25 Å². The molecule has 4 heteroatoms. The zero-order chi connectivity index (χ0) is 7.78. The van der Waals surface area contributed by atoms with Gasteiger partial charge in [0.15, 0.2) is 0 Å². The zero-order valence-corrected chi connectivity index (χ0v) is 6.98. The smallest absolute Gasteiger partial charge is 0.189 e. The monoisotopic (exact) mass is 180 g/mol. The fraction of sp³-hybridized carbons (Fsp3) is 0.333. The standard InChI is InChI=1S/C6H6F2S2/c1-4-2-5(3-10-4)6(7,8)9/h2-3,9H,1H3. The van der Waals surface area contributed by atoms with Crippen LogP contribution in [0, 0.1) is 6.92 Å². The van der Waals surface area contributed by atoms with Crippen LogP contribution in [0.2, 0.25) is 0 Å². The lowest BCUT2D eigenvalue weighted by Gasteiger charge is -2.04. The van der Waals surface area contributed by atoms with Gasteiger partial charge < -0.3 is 0 Å². The molecule has 0 amide bonds. The number of rotatable bonds is 1. The van der Waals surface area contributed by atoms with Crippen LogP contribution in [0.3, 0.4) is 0 Å². The SMILES string of the molecule is Cc1cc(C(F)(F)S)cs1. The van der Waals surface area contributed by atoms with Crippen molar-refractivity contribution in [2.45, 2.75) is 12.2 Å². The fourth-order valence-electron chi connectivity index (χ4n) is 0.601. The number of halogens is 2. The van der Waals surface area contributed by atoms with Crippen LogP contribution in [0.15, 0.2) is 11.4 Å². The minimum absolute atomic E-state index is 0.0154. The number of thiol groups is 1. The Kier molecular flexibility index (Phi) is 2.01. The van der Waals surface area contributed by atoms with Gasteiger partial charge in [-0.05, 0) is 13.0 Å². The summed E-state index contributed by atoms with van der Waals surface area (Å²) in [6.45, 7) is 1.79. The predicted molar refractivity (Wildman–Crippen MR) is 41.9 cm³/mol. The molecule has 1 aromatic heterocycles. The Morgan fingerprint density at radius 2 is 2.20 bits per heavy atom. The average Bonchev–Trinajstić information content (AvgIpc) is 2.11. The summed E-state index contributed by atoms with van der Waals surface area (Å²) in [5.74, 6) is 0. The molecule has 0 fully saturated rings. The van der Waals surface area contributed by atoms with Gasteiger partial charge in [-0.25, -0.2) is 0 Å². The van der Waals surface area contributed by atoms with E-state index in [4.69, 9.17) is 0 Å². The van der Waals surface area contributed by atoms with Crippen molar-refractivity contribution < 1.29 is 8.78 Å². The molecule has 0 atom stereocenters. The third kappa shape index (κ3) is 1.70. The Bertz CT molecular complexity index is 224. The number of thiophene rings is 1. The third-order valence-electron chi connectivity index (χ3n) is 1.08. The molecule has 0 aromatic carbocycles. The first-order chi connectivity index (χ1) is 4.50. The molecular weight excluding hydrogens is 174 g/mol. The van der Waals surface area contributed by atoms with Gasteiger partial charge in [0.2, 0.25) is 0 Å². The second kappa shape index (κ2) is 2.51. The second-order valence-corrected chi connectivity index (χ2v) is 3.66. The van der Waals surface area contributed by atoms with Crippen molar-refractivity contribution in [1.82, 2.24) is 0 Å². The van der Waals surface area contributed by atoms with Gasteiger partial charge in [-0.2, -0.15) is 8.78 Å². The Labute approximate surface area is 67.3 Å². The molecule has 56 valence electrons. The van der Waals surface area contributed by atoms with Crippen molar-refractivity contribution in [1.29, 1.82) is 0 Å². The maximum Gasteiger partial charge on any atom is 0.317 e. The summed E-state index contributed by atoms with van der Waals surface area (Å²) in [5.41, 5.74) is -0.0154. The van der Waals surface area contributed by atoms with E-state index in [1.54, 1.807) is 6.92 Å². The highest BCUT2D eigenvalue weighted by atomic mass is 32.1. The zero-order valence-electron chi connectivity index (χ0n) is 5.27. The quantitative estimate of drug-likeness (QED) is 0.631. The van der Waals surface area contributed by atoms with Crippen molar-refractivity contribution in [3.63, 3.8) is 0 Å². The van der Waals surface area contributed by atoms with Gasteiger partial charge in [0, 0.05) is 15.8 Å². The van der Waals surface area contributed by atoms with E-state index >= 15 is 0 Å². The number of hydrogen-bond acceptors (Lipinski definition) is 2. The van der Waals surface area contributed by atoms with E-state index in [2.05, 4.69) is 12.6 Å². The van der Waals surface area contributed by atoms with Gasteiger partial charge in [-0.3, -0.25) is 0 Å². The van der Waals surface area contributed by atoms with Crippen LogP contribution in [0.5, 0.6) is 0 Å². The molecule has 0 spiro atoms. The van der Waals surface area contributed by atoms with E-state index in [0.29, 0.717) is 0 Å². The molecule has 10 heavy (non-hydrogen) atoms. The van der Waals surface area contributed by atoms with Crippen LogP contribution in [0.25, 0.3) is 0 Å². The van der Waals surface area contributed by atoms with Gasteiger partial charge in [0.1, 0.15) is 0 Å². The highest BCUT2D eigenvalue weighted by Crippen LogP contribution is 2.34. The van der Waals surface area contributed by atoms with Crippen LogP contribution in [0.4, 0.5) is 8.78 Å². The molecular formula is C6H6F2S2. The van der Waals surface area contributed by atoms with Crippen molar-refractivity contribution in [2.75, 3.05) is 0 Å². The van der Waals surface area contributed by atoms with Crippen LogP contribution >= 0.6 is 24.0 Å². The van der Waals surface area contributed by atoms with Crippen molar-refractivity contribution in [3.05, 3.63) is 21.9 Å². The summed E-state index contributed by atoms with van der Waals surface area (Å²) >= 11 is 4.43. The van der Waals surface area contributed by atoms with Gasteiger partial charge in [0.05, 0.1) is 0 Å². The Morgan fingerprint density at radius 3 is 2.40 bits per heavy atom. The third-order valence-corrected chi connectivity index (χ3v) is 2.20. The van der Waals surface area contributed by atoms with Crippen LogP contribution in [-0.2, 0) is 5.25 Å². The van der Waals surface area contributed by atoms with Gasteiger partial charge in [-0.15, -0.1) is 24.0 Å². The predicted octanol–water partition coefficient (Wildman–Crippen LogP) is 3.04. The summed E-state index contributed by atoms with van der Waals surface area (Å²) in [7, 11) is 0. The van der Waals surface area contributed by atoms with E-state index in [0.717, 1.165) is 4.88 Å². The maximum atomic E-state index is 12.3. The molecule has 0 aliphatic carbocycles. The molecule has 0 N–H and O–H groups in total. The highest BCUT2D eigenvalue weighted by molar-refractivity contribution is 7.81. The summed E-state index contributed by atoms with van der Waals surface area (Å²) in [6.07, 6.45) is 0. The summed E-state index contributed by atoms with van der Waals surface area (Å²) in [5, 5.41) is -1.56. The lowest BCUT2D eigenvalue weighted by molar-refractivity contribution is 0.108. The average molecular weight is 180 g/mol. The van der Waals surface area contributed by atoms with Crippen LogP contribution in [0.1, 0.15) is 10.4 Å². The van der Waals surface area contributed by atoms with Crippen LogP contribution < -0.4 is 0 Å². The maximum absolute atomic E-state index is 12.3. The molecule has 1 rings (SSSR count). The molecule has 0 saturated carbocycles. The number of aryl methyl sites for hydroxylation is 1. The normalized spacial score (nSPS) is 12.0. The molecule has 0 aliphatic rings. The Morgan fingerprint density at radius 1 is 1.60 bits per heavy atom. The molecule has 0 unspecified atom stereocenters. The molecule has 1 heterocycles. The summed E-state index contributed by atoms with van der Waals surface area (Å²) in [4.78, 5) is 0.878. The van der Waals surface area contributed by atoms with E-state index in [1.807, 2.05) is 0 Å². The lowest BCUT2D eigenvalue weighted by Crippen LogP contribution is -2.00. The Balaban J connectivity index is 2.96. The van der Waals surface area contributed by atoms with E-state index in [-0.39, 0.29) is 5.56 Å². The largest absolute Gasteiger partial charge is 0.317 e. The van der Waals surface area contributed by atoms with Crippen LogP contribution in [-0.4, -0.2) is 0 Å². The molecule has 1 aromatic rings. The number of alkyl halides is 2. The minimum Gasteiger partial charge on any atom is -0.189 e. The summed E-state index contributed by atoms with van der Waals surface area (Å²) < 4.78 is 24.7. The minimum atomic E-state index is -2.98. The highest BCUT2D eigenvalue weighted by Gasteiger charge is 2.26. The summed E-state index contributed by atoms with van der Waals surface area (Å²) in [6, 6.07) is 1.44. The van der Waals surface area contributed by atoms with E-state index in [1.165, 1.54) is 22.8 Å². The fourth-order valence-corrected chi connectivity index (χ4v) is 1.54.